The van der Waals surface area contributed by atoms with Crippen molar-refractivity contribution in [3.05, 3.63) is 24.2 Å². The zero-order chi connectivity index (χ0) is 12.8. The summed E-state index contributed by atoms with van der Waals surface area (Å²) in [5, 5.41) is 3.35. The van der Waals surface area contributed by atoms with E-state index in [9.17, 15) is 4.79 Å². The van der Waals surface area contributed by atoms with Gasteiger partial charge in [0.05, 0.1) is 18.8 Å². The van der Waals surface area contributed by atoms with Gasteiger partial charge in [0.1, 0.15) is 5.76 Å². The lowest BCUT2D eigenvalue weighted by atomic mass is 10.1. The first kappa shape index (κ1) is 13.1. The van der Waals surface area contributed by atoms with E-state index in [0.717, 1.165) is 31.7 Å². The molecule has 1 N–H and O–H groups in total. The van der Waals surface area contributed by atoms with Gasteiger partial charge in [0, 0.05) is 6.54 Å². The van der Waals surface area contributed by atoms with Gasteiger partial charge in [-0.3, -0.25) is 4.79 Å². The van der Waals surface area contributed by atoms with Crippen molar-refractivity contribution in [1.82, 2.24) is 10.2 Å². The van der Waals surface area contributed by atoms with Crippen LogP contribution in [0.25, 0.3) is 0 Å². The molecule has 0 spiro atoms. The van der Waals surface area contributed by atoms with Gasteiger partial charge in [0.2, 0.25) is 5.91 Å². The van der Waals surface area contributed by atoms with Gasteiger partial charge >= 0.3 is 0 Å². The van der Waals surface area contributed by atoms with E-state index >= 15 is 0 Å². The molecule has 1 saturated heterocycles. The molecule has 2 rings (SSSR count). The first-order chi connectivity index (χ1) is 8.81. The number of hydrogen-bond donors (Lipinski definition) is 1. The van der Waals surface area contributed by atoms with E-state index in [1.165, 1.54) is 12.8 Å². The van der Waals surface area contributed by atoms with Crippen molar-refractivity contribution in [3.8, 4) is 0 Å². The molecule has 2 heterocycles. The van der Waals surface area contributed by atoms with Crippen LogP contribution in [0.1, 0.15) is 38.4 Å². The molecular weight excluding hydrogens is 228 g/mol. The number of furan rings is 1. The Balaban J connectivity index is 1.95. The van der Waals surface area contributed by atoms with Crippen LogP contribution in [0.15, 0.2) is 22.8 Å². The van der Waals surface area contributed by atoms with Crippen LogP contribution >= 0.6 is 0 Å². The first-order valence-corrected chi connectivity index (χ1v) is 6.86. The minimum absolute atomic E-state index is 0.0117. The summed E-state index contributed by atoms with van der Waals surface area (Å²) in [5.74, 6) is 1.05. The van der Waals surface area contributed by atoms with Crippen molar-refractivity contribution in [2.45, 2.75) is 45.2 Å². The van der Waals surface area contributed by atoms with E-state index in [0.29, 0.717) is 6.54 Å². The molecule has 1 atom stereocenters. The molecule has 4 nitrogen and oxygen atoms in total. The van der Waals surface area contributed by atoms with E-state index < -0.39 is 0 Å². The van der Waals surface area contributed by atoms with Gasteiger partial charge < -0.3 is 14.6 Å². The van der Waals surface area contributed by atoms with Crippen molar-refractivity contribution in [2.75, 3.05) is 13.1 Å². The highest BCUT2D eigenvalue weighted by atomic mass is 16.3. The lowest BCUT2D eigenvalue weighted by Gasteiger charge is -2.25. The van der Waals surface area contributed by atoms with Crippen molar-refractivity contribution < 1.29 is 9.21 Å². The summed E-state index contributed by atoms with van der Waals surface area (Å²) in [6.45, 7) is 4.25. The van der Waals surface area contributed by atoms with E-state index in [1.54, 1.807) is 6.26 Å². The van der Waals surface area contributed by atoms with Gasteiger partial charge in [-0.1, -0.05) is 12.8 Å². The Bertz CT molecular complexity index is 354. The average Bonchev–Trinajstić information content (AvgIpc) is 2.75. The Morgan fingerprint density at radius 2 is 2.39 bits per heavy atom. The second-order valence-corrected chi connectivity index (χ2v) is 4.79. The number of carbonyl (C=O) groups excluding carboxylic acids is 1. The van der Waals surface area contributed by atoms with Crippen LogP contribution in [0.2, 0.25) is 0 Å². The Kier molecular flexibility index (Phi) is 4.81. The van der Waals surface area contributed by atoms with Crippen LogP contribution in [0, 0.1) is 0 Å². The summed E-state index contributed by atoms with van der Waals surface area (Å²) in [4.78, 5) is 14.3. The van der Waals surface area contributed by atoms with E-state index in [1.807, 2.05) is 24.0 Å². The van der Waals surface area contributed by atoms with Gasteiger partial charge in [-0.05, 0) is 38.4 Å². The maximum absolute atomic E-state index is 12.4. The minimum atomic E-state index is -0.0117. The predicted molar refractivity (Wildman–Crippen MR) is 70.1 cm³/mol. The van der Waals surface area contributed by atoms with Gasteiger partial charge in [-0.25, -0.2) is 0 Å². The summed E-state index contributed by atoms with van der Waals surface area (Å²) in [7, 11) is 0. The third kappa shape index (κ3) is 3.35. The first-order valence-electron chi connectivity index (χ1n) is 6.86. The number of nitrogens with zero attached hydrogens (tertiary/aromatic N) is 1. The molecule has 1 fully saturated rings. The third-order valence-corrected chi connectivity index (χ3v) is 3.48. The summed E-state index contributed by atoms with van der Waals surface area (Å²) in [6.07, 6.45) is 6.14. The maximum Gasteiger partial charge on any atom is 0.240 e. The number of nitrogens with one attached hydrogen (secondary N) is 1. The second-order valence-electron chi connectivity index (χ2n) is 4.79. The normalized spacial score (nSPS) is 20.4. The number of likely N-dealkylation sites (N-methyl/N-ethyl adjacent to an activating group) is 1. The van der Waals surface area contributed by atoms with Crippen molar-refractivity contribution in [2.24, 2.45) is 0 Å². The average molecular weight is 250 g/mol. The molecule has 0 bridgehead atoms. The number of amides is 1. The number of rotatable bonds is 4. The molecule has 0 saturated carbocycles. The summed E-state index contributed by atoms with van der Waals surface area (Å²) >= 11 is 0. The highest BCUT2D eigenvalue weighted by Gasteiger charge is 2.24. The maximum atomic E-state index is 12.4. The van der Waals surface area contributed by atoms with Crippen molar-refractivity contribution >= 4 is 5.91 Å². The van der Waals surface area contributed by atoms with E-state index in [2.05, 4.69) is 5.32 Å². The molecule has 0 aromatic carbocycles. The highest BCUT2D eigenvalue weighted by Crippen LogP contribution is 2.13. The van der Waals surface area contributed by atoms with Crippen molar-refractivity contribution in [1.29, 1.82) is 0 Å². The van der Waals surface area contributed by atoms with Crippen LogP contribution in [-0.2, 0) is 11.3 Å². The van der Waals surface area contributed by atoms with E-state index in [4.69, 9.17) is 4.42 Å². The minimum Gasteiger partial charge on any atom is -0.467 e. The number of carbonyl (C=O) groups is 1. The Morgan fingerprint density at radius 3 is 3.11 bits per heavy atom. The van der Waals surface area contributed by atoms with Gasteiger partial charge in [-0.2, -0.15) is 0 Å². The topological polar surface area (TPSA) is 45.5 Å². The highest BCUT2D eigenvalue weighted by molar-refractivity contribution is 5.81. The molecule has 18 heavy (non-hydrogen) atoms. The summed E-state index contributed by atoms with van der Waals surface area (Å²) in [6, 6.07) is 3.76. The molecule has 1 unspecified atom stereocenters. The molecule has 0 aliphatic carbocycles. The van der Waals surface area contributed by atoms with Crippen LogP contribution < -0.4 is 5.32 Å². The molecule has 1 amide bonds. The molecule has 0 radical (unpaired) electrons. The Hall–Kier alpha value is -1.29. The quantitative estimate of drug-likeness (QED) is 0.890. The smallest absolute Gasteiger partial charge is 0.240 e. The molecular formula is C14H22N2O2. The lowest BCUT2D eigenvalue weighted by Crippen LogP contribution is -2.45. The fourth-order valence-corrected chi connectivity index (χ4v) is 2.40. The van der Waals surface area contributed by atoms with Crippen molar-refractivity contribution in [3.63, 3.8) is 0 Å². The Labute approximate surface area is 108 Å². The predicted octanol–water partition coefficient (Wildman–Crippen LogP) is 2.16. The molecule has 1 aromatic heterocycles. The largest absolute Gasteiger partial charge is 0.467 e. The summed E-state index contributed by atoms with van der Waals surface area (Å²) < 4.78 is 5.31. The van der Waals surface area contributed by atoms with Gasteiger partial charge in [0.25, 0.3) is 0 Å². The zero-order valence-corrected chi connectivity index (χ0v) is 11.0. The fourth-order valence-electron chi connectivity index (χ4n) is 2.40. The van der Waals surface area contributed by atoms with Gasteiger partial charge in [-0.15, -0.1) is 0 Å². The van der Waals surface area contributed by atoms with Crippen LogP contribution in [-0.4, -0.2) is 29.9 Å². The SMILES string of the molecule is CCN(Cc1ccco1)C(=O)C1CCCCCN1. The monoisotopic (exact) mass is 250 g/mol. The zero-order valence-electron chi connectivity index (χ0n) is 11.0. The Morgan fingerprint density at radius 1 is 1.50 bits per heavy atom. The van der Waals surface area contributed by atoms with Crippen LogP contribution in [0.5, 0.6) is 0 Å². The fraction of sp³-hybridized carbons (Fsp3) is 0.643. The third-order valence-electron chi connectivity index (χ3n) is 3.48. The molecule has 4 heteroatoms. The molecule has 1 aliphatic heterocycles. The second kappa shape index (κ2) is 6.59. The standard InChI is InChI=1S/C14H22N2O2/c1-2-16(11-12-7-6-10-18-12)14(17)13-8-4-3-5-9-15-13/h6-7,10,13,15H,2-5,8-9,11H2,1H3. The van der Waals surface area contributed by atoms with Gasteiger partial charge in [0.15, 0.2) is 0 Å². The molecule has 1 aromatic rings. The summed E-state index contributed by atoms with van der Waals surface area (Å²) in [5.41, 5.74) is 0. The lowest BCUT2D eigenvalue weighted by molar-refractivity contribution is -0.134. The van der Waals surface area contributed by atoms with Crippen LogP contribution in [0.3, 0.4) is 0 Å². The molecule has 100 valence electrons. The number of hydrogen-bond acceptors (Lipinski definition) is 3. The van der Waals surface area contributed by atoms with E-state index in [-0.39, 0.29) is 11.9 Å². The molecule has 1 aliphatic rings. The van der Waals surface area contributed by atoms with Crippen LogP contribution in [0.4, 0.5) is 0 Å².